The molecule has 0 radical (unpaired) electrons. The van der Waals surface area contributed by atoms with Crippen molar-refractivity contribution < 1.29 is 14.2 Å². The average Bonchev–Trinajstić information content (AvgIpc) is 2.29. The lowest BCUT2D eigenvalue weighted by molar-refractivity contribution is -0.129. The van der Waals surface area contributed by atoms with Crippen LogP contribution in [0.25, 0.3) is 0 Å². The van der Waals surface area contributed by atoms with Crippen molar-refractivity contribution in [2.24, 2.45) is 0 Å². The molecule has 1 aromatic carbocycles. The fraction of sp³-hybridized carbons (Fsp3) is 0.300. The Bertz CT molecular complexity index is 353. The van der Waals surface area contributed by atoms with Gasteiger partial charge in [-0.05, 0) is 19.1 Å². The van der Waals surface area contributed by atoms with E-state index >= 15 is 0 Å². The van der Waals surface area contributed by atoms with Crippen molar-refractivity contribution in [2.75, 3.05) is 0 Å². The number of hydroxylamine groups is 1. The number of nitrogens with one attached hydrogen (secondary N) is 1. The lowest BCUT2D eigenvalue weighted by Gasteiger charge is -2.09. The summed E-state index contributed by atoms with van der Waals surface area (Å²) >= 11 is 0. The molecule has 0 bridgehead atoms. The molecular weight excluding hydrogens is 214 g/mol. The van der Waals surface area contributed by atoms with Crippen LogP contribution in [0, 0.1) is 0 Å². The van der Waals surface area contributed by atoms with Gasteiger partial charge in [0.15, 0.2) is 0 Å². The second-order valence-electron chi connectivity index (χ2n) is 3.16. The lowest BCUT2D eigenvalue weighted by Crippen LogP contribution is -2.25. The van der Waals surface area contributed by atoms with Gasteiger partial charge >= 0.3 is 0 Å². The number of benzene rings is 1. The molecule has 0 heterocycles. The number of rotatable bonds is 4. The van der Waals surface area contributed by atoms with Crippen LogP contribution in [0.15, 0.2) is 35.2 Å². The summed E-state index contributed by atoms with van der Waals surface area (Å²) in [6, 6.07) is 8.94. The Morgan fingerprint density at radius 1 is 1.47 bits per heavy atom. The minimum Gasteiger partial charge on any atom is -0.289 e. The van der Waals surface area contributed by atoms with Gasteiger partial charge in [-0.25, -0.2) is 5.48 Å². The van der Waals surface area contributed by atoms with Crippen LogP contribution in [-0.4, -0.2) is 20.6 Å². The molecule has 2 atom stereocenters. The molecule has 0 aliphatic heterocycles. The maximum absolute atomic E-state index is 11.8. The monoisotopic (exact) mass is 227 g/mol. The van der Waals surface area contributed by atoms with Crippen molar-refractivity contribution in [3.63, 3.8) is 0 Å². The summed E-state index contributed by atoms with van der Waals surface area (Å²) in [6.45, 7) is 1.71. The van der Waals surface area contributed by atoms with Crippen LogP contribution in [0.5, 0.6) is 0 Å². The van der Waals surface area contributed by atoms with E-state index < -0.39 is 16.7 Å². The topological polar surface area (TPSA) is 66.4 Å². The first-order valence-corrected chi connectivity index (χ1v) is 5.75. The van der Waals surface area contributed by atoms with E-state index in [2.05, 4.69) is 0 Å². The molecule has 0 fully saturated rings. The summed E-state index contributed by atoms with van der Waals surface area (Å²) in [7, 11) is -1.22. The summed E-state index contributed by atoms with van der Waals surface area (Å²) in [4.78, 5) is 11.6. The van der Waals surface area contributed by atoms with Gasteiger partial charge in [0.05, 0.1) is 10.8 Å². The van der Waals surface area contributed by atoms with Crippen LogP contribution in [0.3, 0.4) is 0 Å². The first kappa shape index (κ1) is 11.9. The number of carbonyl (C=O) groups excluding carboxylic acids is 1. The Labute approximate surface area is 90.7 Å². The quantitative estimate of drug-likeness (QED) is 0.597. The van der Waals surface area contributed by atoms with E-state index in [-0.39, 0.29) is 11.7 Å². The molecule has 15 heavy (non-hydrogen) atoms. The first-order valence-electron chi connectivity index (χ1n) is 4.53. The Morgan fingerprint density at radius 2 is 2.07 bits per heavy atom. The predicted octanol–water partition coefficient (Wildman–Crippen LogP) is 1.08. The normalized spacial score (nSPS) is 14.3. The Morgan fingerprint density at radius 3 is 2.60 bits per heavy atom. The van der Waals surface area contributed by atoms with Gasteiger partial charge in [0.1, 0.15) is 0 Å². The number of carbonyl (C=O) groups is 1. The highest BCUT2D eigenvalue weighted by molar-refractivity contribution is 7.85. The third kappa shape index (κ3) is 3.45. The average molecular weight is 227 g/mol. The molecule has 0 saturated heterocycles. The maximum Gasteiger partial charge on any atom is 0.244 e. The largest absolute Gasteiger partial charge is 0.289 e. The van der Waals surface area contributed by atoms with E-state index in [4.69, 9.17) is 5.21 Å². The second-order valence-corrected chi connectivity index (χ2v) is 5.03. The van der Waals surface area contributed by atoms with Gasteiger partial charge in [-0.3, -0.25) is 14.2 Å². The third-order valence-electron chi connectivity index (χ3n) is 1.94. The SMILES string of the molecule is CC(CC(=O)NO)S(=O)c1ccccc1. The van der Waals surface area contributed by atoms with Crippen LogP contribution < -0.4 is 5.48 Å². The standard InChI is InChI=1S/C10H13NO3S/c1-8(7-10(12)11-13)15(14)9-5-3-2-4-6-9/h2-6,8,13H,7H2,1H3,(H,11,12). The van der Waals surface area contributed by atoms with Crippen LogP contribution in [0.4, 0.5) is 0 Å². The number of amides is 1. The smallest absolute Gasteiger partial charge is 0.244 e. The van der Waals surface area contributed by atoms with Crippen molar-refractivity contribution in [3.05, 3.63) is 30.3 Å². The van der Waals surface area contributed by atoms with E-state index in [0.29, 0.717) is 4.90 Å². The van der Waals surface area contributed by atoms with Crippen LogP contribution in [0.2, 0.25) is 0 Å². The maximum atomic E-state index is 11.8. The van der Waals surface area contributed by atoms with Gasteiger partial charge in [0.2, 0.25) is 5.91 Å². The fourth-order valence-corrected chi connectivity index (χ4v) is 2.36. The summed E-state index contributed by atoms with van der Waals surface area (Å²) in [6.07, 6.45) is 0.0397. The summed E-state index contributed by atoms with van der Waals surface area (Å²) < 4.78 is 11.8. The van der Waals surface area contributed by atoms with Gasteiger partial charge in [0.25, 0.3) is 0 Å². The minimum absolute atomic E-state index is 0.0397. The Hall–Kier alpha value is -1.20. The summed E-state index contributed by atoms with van der Waals surface area (Å²) in [5.41, 5.74) is 1.53. The molecule has 2 N–H and O–H groups in total. The van der Waals surface area contributed by atoms with Crippen molar-refractivity contribution in [1.82, 2.24) is 5.48 Å². The summed E-state index contributed by atoms with van der Waals surface area (Å²) in [5, 5.41) is 8.02. The van der Waals surface area contributed by atoms with Gasteiger partial charge < -0.3 is 0 Å². The van der Waals surface area contributed by atoms with Gasteiger partial charge in [0, 0.05) is 16.6 Å². The molecule has 5 heteroatoms. The molecule has 0 aliphatic carbocycles. The molecule has 1 aromatic rings. The zero-order valence-corrected chi connectivity index (χ0v) is 9.16. The van der Waals surface area contributed by atoms with Gasteiger partial charge in [-0.15, -0.1) is 0 Å². The van der Waals surface area contributed by atoms with E-state index in [9.17, 15) is 9.00 Å². The molecule has 0 saturated carbocycles. The van der Waals surface area contributed by atoms with Crippen LogP contribution in [-0.2, 0) is 15.6 Å². The fourth-order valence-electron chi connectivity index (χ4n) is 1.17. The molecule has 2 unspecified atom stereocenters. The van der Waals surface area contributed by atoms with Gasteiger partial charge in [-0.2, -0.15) is 0 Å². The lowest BCUT2D eigenvalue weighted by atomic mass is 10.3. The first-order chi connectivity index (χ1) is 7.15. The highest BCUT2D eigenvalue weighted by Crippen LogP contribution is 2.12. The van der Waals surface area contributed by atoms with E-state index in [1.54, 1.807) is 31.2 Å². The van der Waals surface area contributed by atoms with Crippen molar-refractivity contribution in [2.45, 2.75) is 23.5 Å². The molecular formula is C10H13NO3S. The van der Waals surface area contributed by atoms with Crippen molar-refractivity contribution in [1.29, 1.82) is 0 Å². The number of hydrogen-bond donors (Lipinski definition) is 2. The predicted molar refractivity (Wildman–Crippen MR) is 56.9 cm³/mol. The van der Waals surface area contributed by atoms with E-state index in [1.807, 2.05) is 6.07 Å². The second kappa shape index (κ2) is 5.63. The van der Waals surface area contributed by atoms with E-state index in [1.165, 1.54) is 5.48 Å². The van der Waals surface area contributed by atoms with Crippen LogP contribution in [0.1, 0.15) is 13.3 Å². The van der Waals surface area contributed by atoms with Crippen LogP contribution >= 0.6 is 0 Å². The molecule has 1 rings (SSSR count). The van der Waals surface area contributed by atoms with E-state index in [0.717, 1.165) is 0 Å². The Kier molecular flexibility index (Phi) is 4.45. The zero-order valence-electron chi connectivity index (χ0n) is 8.34. The molecule has 1 amide bonds. The molecule has 4 nitrogen and oxygen atoms in total. The third-order valence-corrected chi connectivity index (χ3v) is 3.57. The molecule has 0 spiro atoms. The molecule has 0 aromatic heterocycles. The van der Waals surface area contributed by atoms with Gasteiger partial charge in [-0.1, -0.05) is 18.2 Å². The zero-order chi connectivity index (χ0) is 11.3. The minimum atomic E-state index is -1.22. The highest BCUT2D eigenvalue weighted by atomic mass is 32.2. The van der Waals surface area contributed by atoms with Crippen molar-refractivity contribution >= 4 is 16.7 Å². The molecule has 0 aliphatic rings. The Balaban J connectivity index is 2.65. The molecule has 82 valence electrons. The highest BCUT2D eigenvalue weighted by Gasteiger charge is 2.16. The number of hydrogen-bond acceptors (Lipinski definition) is 3. The summed E-state index contributed by atoms with van der Waals surface area (Å²) in [5.74, 6) is -0.521. The van der Waals surface area contributed by atoms with Crippen molar-refractivity contribution in [3.8, 4) is 0 Å².